The number of benzene rings is 3. The quantitative estimate of drug-likeness (QED) is 0.798. The van der Waals surface area contributed by atoms with Crippen LogP contribution in [0.3, 0.4) is 0 Å². The molecule has 0 atom stereocenters. The molecule has 0 amide bonds. The summed E-state index contributed by atoms with van der Waals surface area (Å²) >= 11 is 0. The van der Waals surface area contributed by atoms with Crippen LogP contribution in [-0.2, 0) is 9.84 Å². The maximum absolute atomic E-state index is 11.7. The molecule has 0 aliphatic rings. The molecular formula is C18H14O4S. The number of carboxylic acid groups (broad SMARTS) is 1. The molecule has 4 nitrogen and oxygen atoms in total. The highest BCUT2D eigenvalue weighted by Crippen LogP contribution is 2.27. The molecule has 0 saturated heterocycles. The second-order valence-corrected chi connectivity index (χ2v) is 7.40. The smallest absolute Gasteiger partial charge is 0.335 e. The van der Waals surface area contributed by atoms with Crippen LogP contribution in [0.15, 0.2) is 65.6 Å². The average Bonchev–Trinajstić information content (AvgIpc) is 2.53. The predicted molar refractivity (Wildman–Crippen MR) is 89.5 cm³/mol. The van der Waals surface area contributed by atoms with Crippen LogP contribution in [0.25, 0.3) is 21.9 Å². The van der Waals surface area contributed by atoms with Gasteiger partial charge in [-0.2, -0.15) is 0 Å². The van der Waals surface area contributed by atoms with Gasteiger partial charge >= 0.3 is 5.97 Å². The number of fused-ring (bicyclic) bond motifs is 1. The molecule has 0 heterocycles. The minimum Gasteiger partial charge on any atom is -0.478 e. The van der Waals surface area contributed by atoms with Crippen molar-refractivity contribution in [3.63, 3.8) is 0 Å². The van der Waals surface area contributed by atoms with E-state index in [-0.39, 0.29) is 10.5 Å². The van der Waals surface area contributed by atoms with Gasteiger partial charge in [-0.1, -0.05) is 30.3 Å². The van der Waals surface area contributed by atoms with E-state index >= 15 is 0 Å². The molecule has 5 heteroatoms. The Hall–Kier alpha value is -2.66. The topological polar surface area (TPSA) is 71.4 Å². The summed E-state index contributed by atoms with van der Waals surface area (Å²) < 4.78 is 23.3. The minimum absolute atomic E-state index is 0.240. The van der Waals surface area contributed by atoms with Gasteiger partial charge in [-0.05, 0) is 52.2 Å². The van der Waals surface area contributed by atoms with Crippen molar-refractivity contribution in [3.05, 3.63) is 66.2 Å². The van der Waals surface area contributed by atoms with Crippen LogP contribution in [0.2, 0.25) is 0 Å². The van der Waals surface area contributed by atoms with E-state index in [0.29, 0.717) is 0 Å². The van der Waals surface area contributed by atoms with Gasteiger partial charge in [0.25, 0.3) is 0 Å². The Morgan fingerprint density at radius 1 is 0.870 bits per heavy atom. The fourth-order valence-corrected chi connectivity index (χ4v) is 3.13. The largest absolute Gasteiger partial charge is 0.478 e. The summed E-state index contributed by atoms with van der Waals surface area (Å²) in [6.07, 6.45) is 1.18. The highest BCUT2D eigenvalue weighted by molar-refractivity contribution is 7.90. The summed E-state index contributed by atoms with van der Waals surface area (Å²) in [6, 6.07) is 17.3. The van der Waals surface area contributed by atoms with E-state index in [2.05, 4.69) is 0 Å². The third-order valence-electron chi connectivity index (χ3n) is 3.68. The second kappa shape index (κ2) is 5.52. The average molecular weight is 326 g/mol. The molecule has 0 fully saturated rings. The number of carboxylic acids is 1. The Kier molecular flexibility index (Phi) is 3.66. The van der Waals surface area contributed by atoms with Gasteiger partial charge < -0.3 is 5.11 Å². The predicted octanol–water partition coefficient (Wildman–Crippen LogP) is 3.61. The van der Waals surface area contributed by atoms with Crippen LogP contribution in [0.1, 0.15) is 10.4 Å². The van der Waals surface area contributed by atoms with Crippen molar-refractivity contribution in [2.24, 2.45) is 0 Å². The molecule has 0 unspecified atom stereocenters. The van der Waals surface area contributed by atoms with Crippen LogP contribution in [-0.4, -0.2) is 25.7 Å². The Balaban J connectivity index is 2.11. The zero-order chi connectivity index (χ0) is 16.6. The SMILES string of the molecule is CS(=O)(=O)c1cccc(-c2ccc3cc(C(=O)O)ccc3c2)c1. The molecule has 1 N–H and O–H groups in total. The van der Waals surface area contributed by atoms with Gasteiger partial charge in [0, 0.05) is 6.26 Å². The molecule has 0 aliphatic heterocycles. The van der Waals surface area contributed by atoms with Crippen molar-refractivity contribution < 1.29 is 18.3 Å². The Morgan fingerprint density at radius 3 is 2.22 bits per heavy atom. The van der Waals surface area contributed by atoms with Gasteiger partial charge in [-0.25, -0.2) is 13.2 Å². The van der Waals surface area contributed by atoms with Crippen LogP contribution in [0.5, 0.6) is 0 Å². The van der Waals surface area contributed by atoms with E-state index in [1.807, 2.05) is 24.3 Å². The molecule has 3 rings (SSSR count). The van der Waals surface area contributed by atoms with Crippen molar-refractivity contribution >= 4 is 26.6 Å². The summed E-state index contributed by atoms with van der Waals surface area (Å²) in [4.78, 5) is 11.3. The Bertz CT molecular complexity index is 1020. The first-order valence-corrected chi connectivity index (χ1v) is 8.81. The monoisotopic (exact) mass is 326 g/mol. The van der Waals surface area contributed by atoms with Gasteiger partial charge in [0.05, 0.1) is 10.5 Å². The summed E-state index contributed by atoms with van der Waals surface area (Å²) in [5.74, 6) is -0.961. The summed E-state index contributed by atoms with van der Waals surface area (Å²) in [5.41, 5.74) is 1.92. The third kappa shape index (κ3) is 3.10. The maximum atomic E-state index is 11.7. The number of sulfone groups is 1. The van der Waals surface area contributed by atoms with Crippen molar-refractivity contribution in [1.29, 1.82) is 0 Å². The molecule has 0 radical (unpaired) electrons. The summed E-state index contributed by atoms with van der Waals surface area (Å²) in [6.45, 7) is 0. The number of aromatic carboxylic acids is 1. The lowest BCUT2D eigenvalue weighted by Gasteiger charge is -2.07. The van der Waals surface area contributed by atoms with E-state index in [9.17, 15) is 13.2 Å². The van der Waals surface area contributed by atoms with Crippen LogP contribution in [0.4, 0.5) is 0 Å². The summed E-state index contributed by atoms with van der Waals surface area (Å²) in [7, 11) is -3.26. The standard InChI is InChI=1S/C18H14O4S/c1-23(21,22)17-4-2-3-12(11-17)13-5-6-15-10-16(18(19)20)8-7-14(15)9-13/h2-11H,1H3,(H,19,20). The first-order chi connectivity index (χ1) is 10.8. The summed E-state index contributed by atoms with van der Waals surface area (Å²) in [5, 5.41) is 10.8. The molecule has 0 aliphatic carbocycles. The lowest BCUT2D eigenvalue weighted by Crippen LogP contribution is -1.97. The van der Waals surface area contributed by atoms with E-state index < -0.39 is 15.8 Å². The Labute approximate surface area is 133 Å². The molecule has 0 aromatic heterocycles. The van der Waals surface area contributed by atoms with Crippen molar-refractivity contribution in [1.82, 2.24) is 0 Å². The molecule has 0 spiro atoms. The number of rotatable bonds is 3. The molecule has 0 saturated carbocycles. The van der Waals surface area contributed by atoms with Crippen LogP contribution < -0.4 is 0 Å². The highest BCUT2D eigenvalue weighted by atomic mass is 32.2. The van der Waals surface area contributed by atoms with Crippen molar-refractivity contribution in [3.8, 4) is 11.1 Å². The first-order valence-electron chi connectivity index (χ1n) is 6.92. The number of carbonyl (C=O) groups is 1. The number of hydrogen-bond acceptors (Lipinski definition) is 3. The zero-order valence-corrected chi connectivity index (χ0v) is 13.2. The fraction of sp³-hybridized carbons (Fsp3) is 0.0556. The lowest BCUT2D eigenvalue weighted by atomic mass is 10.00. The van der Waals surface area contributed by atoms with Gasteiger partial charge in [0.2, 0.25) is 0 Å². The van der Waals surface area contributed by atoms with E-state index in [0.717, 1.165) is 21.9 Å². The molecule has 3 aromatic rings. The minimum atomic E-state index is -3.26. The first kappa shape index (κ1) is 15.2. The van der Waals surface area contributed by atoms with Crippen molar-refractivity contribution in [2.75, 3.05) is 6.26 Å². The van der Waals surface area contributed by atoms with Gasteiger partial charge in [0.1, 0.15) is 0 Å². The van der Waals surface area contributed by atoms with Gasteiger partial charge in [0.15, 0.2) is 9.84 Å². The molecule has 23 heavy (non-hydrogen) atoms. The lowest BCUT2D eigenvalue weighted by molar-refractivity contribution is 0.0697. The Morgan fingerprint density at radius 2 is 1.52 bits per heavy atom. The normalized spacial score (nSPS) is 11.5. The number of hydrogen-bond donors (Lipinski definition) is 1. The van der Waals surface area contributed by atoms with E-state index in [1.165, 1.54) is 6.26 Å². The van der Waals surface area contributed by atoms with E-state index in [1.54, 1.807) is 36.4 Å². The molecular weight excluding hydrogens is 312 g/mol. The second-order valence-electron chi connectivity index (χ2n) is 5.38. The maximum Gasteiger partial charge on any atom is 0.335 e. The molecule has 3 aromatic carbocycles. The van der Waals surface area contributed by atoms with Gasteiger partial charge in [-0.15, -0.1) is 0 Å². The van der Waals surface area contributed by atoms with Crippen molar-refractivity contribution in [2.45, 2.75) is 4.90 Å². The molecule has 116 valence electrons. The fourth-order valence-electron chi connectivity index (χ4n) is 2.46. The zero-order valence-electron chi connectivity index (χ0n) is 12.4. The third-order valence-corrected chi connectivity index (χ3v) is 4.79. The van der Waals surface area contributed by atoms with E-state index in [4.69, 9.17) is 5.11 Å². The highest BCUT2D eigenvalue weighted by Gasteiger charge is 2.09. The van der Waals surface area contributed by atoms with Crippen LogP contribution in [0, 0.1) is 0 Å². The molecule has 0 bridgehead atoms. The van der Waals surface area contributed by atoms with Crippen LogP contribution >= 0.6 is 0 Å². The van der Waals surface area contributed by atoms with Gasteiger partial charge in [-0.3, -0.25) is 0 Å².